The number of amides is 5. The van der Waals surface area contributed by atoms with E-state index in [1.807, 2.05) is 6.26 Å². The van der Waals surface area contributed by atoms with Crippen molar-refractivity contribution in [3.8, 4) is 0 Å². The number of carbonyl (C=O) groups excluding carboxylic acids is 7. The van der Waals surface area contributed by atoms with Crippen LogP contribution >= 0.6 is 35.3 Å². The number of hydrogen-bond acceptors (Lipinski definition) is 38. The van der Waals surface area contributed by atoms with Gasteiger partial charge < -0.3 is 165 Å². The molecule has 43 heteroatoms. The molecule has 8 heterocycles. The lowest BCUT2D eigenvalue weighted by Crippen LogP contribution is -2.66. The molecule has 0 saturated carbocycles. The van der Waals surface area contributed by atoms with Crippen LogP contribution in [-0.4, -0.2) is 372 Å². The number of unbranched alkanes of at least 4 members (excludes halogenated alkanes) is 1. The van der Waals surface area contributed by atoms with Gasteiger partial charge in [0, 0.05) is 108 Å². The summed E-state index contributed by atoms with van der Waals surface area (Å²) in [7, 11) is 0. The molecule has 0 spiro atoms. The minimum Gasteiger partial charge on any atom is -0.394 e. The van der Waals surface area contributed by atoms with E-state index in [-0.39, 0.29) is 116 Å². The molecule has 0 radical (unpaired) electrons. The Labute approximate surface area is 836 Å². The molecule has 8 aliphatic rings. The highest BCUT2D eigenvalue weighted by molar-refractivity contribution is 8.13. The zero-order valence-corrected chi connectivity index (χ0v) is 88.3. The summed E-state index contributed by atoms with van der Waals surface area (Å²) in [6.07, 6.45) is -10.2. The van der Waals surface area contributed by atoms with Gasteiger partial charge in [-0.15, -0.1) is 0 Å². The molecule has 139 heavy (non-hydrogen) atoms. The maximum atomic E-state index is 11.9. The van der Waals surface area contributed by atoms with Crippen LogP contribution in [-0.2, 0) is 109 Å². The fourth-order valence-corrected chi connectivity index (χ4v) is 19.5. The van der Waals surface area contributed by atoms with E-state index in [1.165, 1.54) is 32.5 Å². The van der Waals surface area contributed by atoms with Crippen molar-refractivity contribution in [2.45, 2.75) is 387 Å². The highest BCUT2D eigenvalue weighted by Crippen LogP contribution is 2.43. The second kappa shape index (κ2) is 66.1. The van der Waals surface area contributed by atoms with E-state index in [1.54, 1.807) is 18.7 Å². The number of thioether (sulfide) groups is 3. The second-order valence-corrected chi connectivity index (χ2v) is 42.2. The van der Waals surface area contributed by atoms with Gasteiger partial charge >= 0.3 is 0 Å². The highest BCUT2D eigenvalue weighted by atomic mass is 32.2. The van der Waals surface area contributed by atoms with Gasteiger partial charge in [-0.1, -0.05) is 134 Å². The van der Waals surface area contributed by atoms with E-state index in [0.29, 0.717) is 148 Å². The lowest BCUT2D eigenvalue weighted by molar-refractivity contribution is -0.303. The second-order valence-electron chi connectivity index (χ2n) is 38.6. The molecule has 40 nitrogen and oxygen atoms in total. The summed E-state index contributed by atoms with van der Waals surface area (Å²) in [4.78, 5) is 80.9. The van der Waals surface area contributed by atoms with E-state index >= 15 is 0 Å². The number of rotatable bonds is 49. The number of nitrogens with one attached hydrogen (secondary N) is 5. The van der Waals surface area contributed by atoms with Crippen LogP contribution in [0.25, 0.3) is 0 Å². The van der Waals surface area contributed by atoms with Gasteiger partial charge in [0.05, 0.1) is 96.0 Å². The van der Waals surface area contributed by atoms with Crippen LogP contribution < -0.4 is 38.1 Å². The Balaban J connectivity index is 0.000000330. The molecule has 16 unspecified atom stereocenters. The molecule has 19 N–H and O–H groups in total. The summed E-state index contributed by atoms with van der Waals surface area (Å²) < 4.78 is 95.1. The van der Waals surface area contributed by atoms with Crippen molar-refractivity contribution >= 4 is 75.1 Å². The molecule has 0 aliphatic carbocycles. The maximum Gasteiger partial charge on any atom is 0.220 e. The van der Waals surface area contributed by atoms with E-state index in [0.717, 1.165) is 62.6 Å². The first-order valence-electron chi connectivity index (χ1n) is 50.4. The quantitative estimate of drug-likeness (QED) is 0.0388. The molecular weight excluding hydrogens is 1880 g/mol. The van der Waals surface area contributed by atoms with Gasteiger partial charge in [0.25, 0.3) is 0 Å². The third kappa shape index (κ3) is 40.9. The molecular formula is C96H177N7O33S3. The van der Waals surface area contributed by atoms with Crippen molar-refractivity contribution < 1.29 is 160 Å². The fraction of sp³-hybridized carbons (Fsp3) is 0.927. The molecule has 5 amide bonds. The van der Waals surface area contributed by atoms with Crippen LogP contribution in [0.3, 0.4) is 0 Å². The van der Waals surface area contributed by atoms with Gasteiger partial charge in [-0.25, -0.2) is 0 Å². The van der Waals surface area contributed by atoms with Crippen LogP contribution in [0.5, 0.6) is 0 Å². The summed E-state index contributed by atoms with van der Waals surface area (Å²) in [6, 6.07) is -4.51. The van der Waals surface area contributed by atoms with E-state index in [4.69, 9.17) is 87.3 Å². The van der Waals surface area contributed by atoms with Crippen LogP contribution in [0.4, 0.5) is 0 Å². The van der Waals surface area contributed by atoms with Gasteiger partial charge in [-0.3, -0.25) is 33.6 Å². The maximum absolute atomic E-state index is 11.9. The predicted molar refractivity (Wildman–Crippen MR) is 521 cm³/mol. The number of nitrogens with two attached hydrogens (primary N) is 2. The number of aliphatic hydroxyl groups is 10. The molecule has 0 aromatic rings. The zero-order valence-electron chi connectivity index (χ0n) is 85.8. The van der Waals surface area contributed by atoms with Gasteiger partial charge in [-0.2, -0.15) is 11.8 Å². The number of ether oxygens (including phenoxy) is 16. The Hall–Kier alpha value is -3.38. The number of hydrogen-bond donors (Lipinski definition) is 17. The monoisotopic (exact) mass is 2050 g/mol. The predicted octanol–water partition coefficient (Wildman–Crippen LogP) is 3.45. The molecule has 812 valence electrons. The van der Waals surface area contributed by atoms with E-state index in [9.17, 15) is 84.6 Å². The van der Waals surface area contributed by atoms with Crippen LogP contribution in [0, 0.1) is 71.0 Å². The normalized spacial score (nSPS) is 37.9. The van der Waals surface area contributed by atoms with Crippen molar-refractivity contribution in [2.75, 3.05) is 109 Å². The lowest BCUT2D eigenvalue weighted by atomic mass is 9.78. The topological polar surface area (TPSA) is 582 Å². The SMILES string of the molecule is CC(=O)NC1[C@H](OCC2O[C@@H](OCCCNC(=O)CCCSC(C)=O)C(NC(C)=O)[C@@H](O)[C@@H]2O)OC(CO)[C@@H](O)[C@@H]1O.CCC1O[C@@H](OCC2O[C@@H](OCCCNC(=O)CCCSC(C)=O)C(C)[C@@H](C)[C@@H]2C)C(C)[C@@H](C)[C@@H]1C.CCCCO[C@@H]1OC(CO[C@@H]2OC(CC)[C@@H](C)[C@H](C)C2C)[C@@H](C)[C@H](C)C1C.CSCCCC(=O)NCCCO[C@@H]1OC(CO[C@@H]2OC(CO)[C@@H](O)[C@H](O)C2N)[C@@H](O)[C@H](O)C1N. The first-order valence-corrected chi connectivity index (χ1v) is 53.7. The Morgan fingerprint density at radius 2 is 0.576 bits per heavy atom. The molecule has 8 rings (SSSR count). The molecule has 0 aromatic heterocycles. The summed E-state index contributed by atoms with van der Waals surface area (Å²) in [6.45, 7) is 41.2. The third-order valence-electron chi connectivity index (χ3n) is 28.5. The van der Waals surface area contributed by atoms with E-state index in [2.05, 4.69) is 130 Å². The molecule has 40 atom stereocenters. The van der Waals surface area contributed by atoms with Crippen LogP contribution in [0.2, 0.25) is 0 Å². The fourth-order valence-electron chi connectivity index (χ4n) is 17.9. The molecule has 8 aliphatic heterocycles. The smallest absolute Gasteiger partial charge is 0.220 e. The largest absolute Gasteiger partial charge is 0.394 e. The van der Waals surface area contributed by atoms with Crippen molar-refractivity contribution in [1.29, 1.82) is 0 Å². The lowest BCUT2D eigenvalue weighted by Gasteiger charge is -2.46. The Morgan fingerprint density at radius 1 is 0.309 bits per heavy atom. The summed E-state index contributed by atoms with van der Waals surface area (Å²) >= 11 is 4.11. The molecule has 0 aromatic carbocycles. The van der Waals surface area contributed by atoms with Gasteiger partial charge in [0.2, 0.25) is 29.5 Å². The highest BCUT2D eigenvalue weighted by Gasteiger charge is 2.52. The summed E-state index contributed by atoms with van der Waals surface area (Å²) in [5, 5.41) is 115. The first kappa shape index (κ1) is 126. The average Bonchev–Trinajstić information content (AvgIpc) is 0.785. The van der Waals surface area contributed by atoms with Gasteiger partial charge in [0.1, 0.15) is 85.3 Å². The van der Waals surface area contributed by atoms with Crippen molar-refractivity contribution in [2.24, 2.45) is 82.5 Å². The van der Waals surface area contributed by atoms with E-state index < -0.39 is 154 Å². The minimum absolute atomic E-state index is 0.00743. The average molecular weight is 2050 g/mol. The van der Waals surface area contributed by atoms with Crippen molar-refractivity contribution in [3.63, 3.8) is 0 Å². The Morgan fingerprint density at radius 3 is 0.935 bits per heavy atom. The van der Waals surface area contributed by atoms with Crippen LogP contribution in [0.15, 0.2) is 0 Å². The molecule has 8 saturated heterocycles. The Kier molecular flexibility index (Phi) is 60.0. The van der Waals surface area contributed by atoms with Crippen molar-refractivity contribution in [3.05, 3.63) is 0 Å². The summed E-state index contributed by atoms with van der Waals surface area (Å²) in [5.74, 6) is 6.40. The van der Waals surface area contributed by atoms with Gasteiger partial charge in [0.15, 0.2) is 60.6 Å². The minimum atomic E-state index is -1.56. The molecule has 0 bridgehead atoms. The Bertz CT molecular complexity index is 3460. The summed E-state index contributed by atoms with van der Waals surface area (Å²) in [5.41, 5.74) is 11.8. The molecule has 8 fully saturated rings. The third-order valence-corrected chi connectivity index (χ3v) is 30.9. The standard InChI is InChI=1S/C28H51NO6S.C25H43N3O13S.C23H44O4.C20H39N3O10S/c1-9-24-19(4)17(2)22(7)28(34-24)33-16-25-20(5)18(3)21(6)27(35-25)32-14-11-13-29-26(31)12-10-15-36-23(8)30;1-12(30)27-18-23(37)21(35)16(11-39-25-19(28-13(2)31)22(36)20(34)15(10-29)40-25)41-24(18)38-8-5-7-26-17(33)6-4-9-42-14(3)32;1-9-11-12-24-22-18(7)15(4)17(6)21(27-22)13-25-23-19(8)14(3)16(5)20(10-2)26-23;1-34-7-2-4-12(25)23-5-3-6-30-19-13(21)18(29)16(27)11(33-19)9-31-20-14(22)17(28)15(26)10(8-24)32-20/h17-22,24-25,27-28H,9-16H2,1-8H3,(H,29,31);15-16,18-25,29,34-37H,4-11H2,1-3H3,(H,26,33)(H,27,30)(H,28,31);14-23H,9-13H2,1-8H3;10-11,13-20,24,26-29H,2-9,21-22H2,1H3,(H,23,25)/t17-,18-,19-,20-,21?,22?,24?,25?,27+,28+;15?,16?,18?,19?,20-,21-,22-,23-,24-,25-;14-,15-,16-,17-,18?,19?,20?,21?,22+,23+;10?,11?,13?,14?,15-,16-,17-,18-,19-,20-/m0101/s1. The van der Waals surface area contributed by atoms with Gasteiger partial charge in [-0.05, 0) is 117 Å². The van der Waals surface area contributed by atoms with Crippen molar-refractivity contribution in [1.82, 2.24) is 26.6 Å². The van der Waals surface area contributed by atoms with Crippen LogP contribution in [0.1, 0.15) is 215 Å². The number of aliphatic hydroxyl groups excluding tert-OH is 10. The number of carbonyl (C=O) groups is 7. The first-order chi connectivity index (χ1) is 65.9. The zero-order chi connectivity index (χ0) is 104.